The van der Waals surface area contributed by atoms with Crippen molar-refractivity contribution >= 4 is 21.4 Å². The summed E-state index contributed by atoms with van der Waals surface area (Å²) in [7, 11) is -3.41. The Morgan fingerprint density at radius 3 is 2.47 bits per heavy atom. The van der Waals surface area contributed by atoms with Crippen molar-refractivity contribution in [1.29, 1.82) is 0 Å². The number of aliphatic hydroxyl groups is 1. The molecule has 0 fully saturated rings. The molecule has 17 heavy (non-hydrogen) atoms. The molecule has 0 amide bonds. The van der Waals surface area contributed by atoms with Gasteiger partial charge in [0.05, 0.1) is 22.3 Å². The van der Waals surface area contributed by atoms with Crippen LogP contribution in [0, 0.1) is 0 Å². The Morgan fingerprint density at radius 2 is 2.06 bits per heavy atom. The zero-order chi connectivity index (χ0) is 13.3. The first kappa shape index (κ1) is 14.4. The number of sulfone groups is 1. The first-order valence-corrected chi connectivity index (χ1v) is 7.10. The highest BCUT2D eigenvalue weighted by atomic mass is 35.5. The van der Waals surface area contributed by atoms with Crippen molar-refractivity contribution < 1.29 is 17.9 Å². The predicted octanol–water partition coefficient (Wildman–Crippen LogP) is 2.31. The lowest BCUT2D eigenvalue weighted by atomic mass is 9.99. The maximum atomic E-state index is 13.8. The molecule has 1 rings (SSSR count). The van der Waals surface area contributed by atoms with Crippen molar-refractivity contribution in [3.8, 4) is 0 Å². The van der Waals surface area contributed by atoms with Gasteiger partial charge in [0.1, 0.15) is 0 Å². The van der Waals surface area contributed by atoms with E-state index in [4.69, 9.17) is 16.7 Å². The van der Waals surface area contributed by atoms with E-state index in [9.17, 15) is 12.8 Å². The molecule has 1 N–H and O–H groups in total. The zero-order valence-electron chi connectivity index (χ0n) is 9.57. The van der Waals surface area contributed by atoms with Gasteiger partial charge in [-0.3, -0.25) is 0 Å². The normalized spacial score (nSPS) is 15.6. The highest BCUT2D eigenvalue weighted by molar-refractivity contribution is 7.91. The van der Waals surface area contributed by atoms with Crippen molar-refractivity contribution in [3.63, 3.8) is 0 Å². The number of hydrogen-bond acceptors (Lipinski definition) is 3. The first-order valence-electron chi connectivity index (χ1n) is 5.07. The van der Waals surface area contributed by atoms with Crippen LogP contribution >= 0.6 is 11.6 Å². The molecule has 0 aliphatic carbocycles. The minimum atomic E-state index is -3.41. The van der Waals surface area contributed by atoms with Gasteiger partial charge in [0.2, 0.25) is 0 Å². The summed E-state index contributed by atoms with van der Waals surface area (Å²) in [6.07, 6.45) is 0. The molecular formula is C11H14ClFO3S. The quantitative estimate of drug-likeness (QED) is 0.921. The van der Waals surface area contributed by atoms with Crippen LogP contribution in [0.3, 0.4) is 0 Å². The number of alkyl halides is 1. The van der Waals surface area contributed by atoms with E-state index in [-0.39, 0.29) is 21.2 Å². The van der Waals surface area contributed by atoms with E-state index < -0.39 is 22.1 Å². The van der Waals surface area contributed by atoms with Crippen molar-refractivity contribution in [2.75, 3.05) is 12.4 Å². The maximum Gasteiger partial charge on any atom is 0.179 e. The molecule has 1 aromatic rings. The molecular weight excluding hydrogens is 267 g/mol. The van der Waals surface area contributed by atoms with Gasteiger partial charge in [-0.25, -0.2) is 12.8 Å². The van der Waals surface area contributed by atoms with Crippen molar-refractivity contribution in [1.82, 2.24) is 0 Å². The number of aliphatic hydroxyl groups excluding tert-OH is 1. The summed E-state index contributed by atoms with van der Waals surface area (Å²) in [5.74, 6) is -0.0705. The lowest BCUT2D eigenvalue weighted by molar-refractivity contribution is 0.0867. The van der Waals surface area contributed by atoms with Crippen LogP contribution in [-0.4, -0.2) is 25.9 Å². The molecule has 0 saturated carbocycles. The van der Waals surface area contributed by atoms with Crippen LogP contribution in [0.4, 0.5) is 4.39 Å². The second kappa shape index (κ2) is 4.92. The van der Waals surface area contributed by atoms with Crippen LogP contribution in [-0.2, 0) is 15.5 Å². The van der Waals surface area contributed by atoms with Crippen LogP contribution in [0.2, 0.25) is 5.02 Å². The van der Waals surface area contributed by atoms with Crippen LogP contribution in [0.15, 0.2) is 23.1 Å². The molecule has 1 unspecified atom stereocenters. The molecule has 1 aromatic carbocycles. The Hall–Kier alpha value is -0.650. The maximum absolute atomic E-state index is 13.8. The van der Waals surface area contributed by atoms with E-state index in [1.807, 2.05) is 0 Å². The van der Waals surface area contributed by atoms with Crippen LogP contribution in [0.5, 0.6) is 0 Å². The molecule has 1 atom stereocenters. The van der Waals surface area contributed by atoms with Gasteiger partial charge < -0.3 is 5.11 Å². The van der Waals surface area contributed by atoms with Gasteiger partial charge in [-0.1, -0.05) is 24.6 Å². The average Bonchev–Trinajstić information content (AvgIpc) is 2.28. The molecule has 0 heterocycles. The Morgan fingerprint density at radius 1 is 1.47 bits per heavy atom. The fourth-order valence-corrected chi connectivity index (χ4v) is 2.80. The lowest BCUT2D eigenvalue weighted by Gasteiger charge is -2.18. The third kappa shape index (κ3) is 2.97. The fraction of sp³-hybridized carbons (Fsp3) is 0.455. The number of hydrogen-bond donors (Lipinski definition) is 1. The smallest absolute Gasteiger partial charge is 0.179 e. The monoisotopic (exact) mass is 280 g/mol. The van der Waals surface area contributed by atoms with E-state index in [0.717, 1.165) is 0 Å². The minimum Gasteiger partial charge on any atom is -0.393 e. The summed E-state index contributed by atoms with van der Waals surface area (Å²) in [5.41, 5.74) is -1.78. The van der Waals surface area contributed by atoms with Crippen LogP contribution < -0.4 is 0 Å². The summed E-state index contributed by atoms with van der Waals surface area (Å²) in [6, 6.07) is 3.83. The van der Waals surface area contributed by atoms with Crippen molar-refractivity contribution in [2.24, 2.45) is 0 Å². The van der Waals surface area contributed by atoms with Gasteiger partial charge in [-0.15, -0.1) is 0 Å². The van der Waals surface area contributed by atoms with Crippen molar-refractivity contribution in [2.45, 2.75) is 24.4 Å². The molecule has 0 radical (unpaired) electrons. The van der Waals surface area contributed by atoms with E-state index in [1.54, 1.807) is 0 Å². The second-order valence-electron chi connectivity index (χ2n) is 3.90. The molecule has 6 heteroatoms. The summed E-state index contributed by atoms with van der Waals surface area (Å²) in [5, 5.41) is 8.85. The van der Waals surface area contributed by atoms with E-state index in [0.29, 0.717) is 0 Å². The molecule has 3 nitrogen and oxygen atoms in total. The minimum absolute atomic E-state index is 0.0147. The summed E-state index contributed by atoms with van der Waals surface area (Å²) < 4.78 is 37.0. The predicted molar refractivity (Wildman–Crippen MR) is 64.7 cm³/mol. The molecule has 0 spiro atoms. The van der Waals surface area contributed by atoms with Gasteiger partial charge in [-0.2, -0.15) is 0 Å². The summed E-state index contributed by atoms with van der Waals surface area (Å²) >= 11 is 5.83. The largest absolute Gasteiger partial charge is 0.393 e. The Kier molecular flexibility index (Phi) is 4.17. The summed E-state index contributed by atoms with van der Waals surface area (Å²) in [4.78, 5) is -0.0147. The Balaban J connectivity index is 3.29. The SMILES string of the molecule is CCS(=O)(=O)c1ccc(C(C)(F)CO)cc1Cl. The molecule has 0 bridgehead atoms. The standard InChI is InChI=1S/C11H14ClFO3S/c1-3-17(15,16)10-5-4-8(6-9(10)12)11(2,13)7-14/h4-6,14H,3,7H2,1-2H3. The zero-order valence-corrected chi connectivity index (χ0v) is 11.1. The Labute approximate surface area is 105 Å². The van der Waals surface area contributed by atoms with E-state index in [1.165, 1.54) is 32.0 Å². The van der Waals surface area contributed by atoms with Gasteiger partial charge in [0, 0.05) is 0 Å². The molecule has 0 saturated heterocycles. The topological polar surface area (TPSA) is 54.4 Å². The fourth-order valence-electron chi connectivity index (χ4n) is 1.32. The number of benzene rings is 1. The van der Waals surface area contributed by atoms with Crippen molar-refractivity contribution in [3.05, 3.63) is 28.8 Å². The number of rotatable bonds is 4. The van der Waals surface area contributed by atoms with Gasteiger partial charge >= 0.3 is 0 Å². The summed E-state index contributed by atoms with van der Waals surface area (Å²) in [6.45, 7) is 2.02. The number of halogens is 2. The molecule has 0 aromatic heterocycles. The lowest BCUT2D eigenvalue weighted by Crippen LogP contribution is -2.20. The third-order valence-electron chi connectivity index (χ3n) is 2.55. The Bertz CT molecular complexity index is 511. The highest BCUT2D eigenvalue weighted by Crippen LogP contribution is 2.31. The average molecular weight is 281 g/mol. The molecule has 0 aliphatic heterocycles. The van der Waals surface area contributed by atoms with E-state index in [2.05, 4.69) is 0 Å². The van der Waals surface area contributed by atoms with Gasteiger partial charge in [0.25, 0.3) is 0 Å². The third-order valence-corrected chi connectivity index (χ3v) is 4.76. The van der Waals surface area contributed by atoms with E-state index >= 15 is 0 Å². The van der Waals surface area contributed by atoms with Gasteiger partial charge in [0.15, 0.2) is 15.5 Å². The second-order valence-corrected chi connectivity index (χ2v) is 6.56. The highest BCUT2D eigenvalue weighted by Gasteiger charge is 2.26. The molecule has 96 valence electrons. The first-order chi connectivity index (χ1) is 7.74. The van der Waals surface area contributed by atoms with Crippen LogP contribution in [0.1, 0.15) is 19.4 Å². The molecule has 0 aliphatic rings. The van der Waals surface area contributed by atoms with Crippen LogP contribution in [0.25, 0.3) is 0 Å². The van der Waals surface area contributed by atoms with Gasteiger partial charge in [-0.05, 0) is 24.6 Å².